The fraction of sp³-hybridized carbons (Fsp3) is 1.00. The molecule has 1 aliphatic rings. The van der Waals surface area contributed by atoms with Gasteiger partial charge in [0, 0.05) is 6.61 Å². The fourth-order valence-corrected chi connectivity index (χ4v) is 0.285. The molecule has 0 unspecified atom stereocenters. The van der Waals surface area contributed by atoms with Crippen LogP contribution in [-0.4, -0.2) is 13.1 Å². The van der Waals surface area contributed by atoms with E-state index in [4.69, 9.17) is 1.43 Å². The van der Waals surface area contributed by atoms with Gasteiger partial charge >= 0.3 is 0 Å². The average molecular weight is 73.1 g/mol. The first-order valence-electron chi connectivity index (χ1n) is 2.42. The second-order valence-electron chi connectivity index (χ2n) is 1.61. The summed E-state index contributed by atoms with van der Waals surface area (Å²) in [5.74, 6) is 0.738. The van der Waals surface area contributed by atoms with E-state index in [1.807, 2.05) is 0 Å². The Kier molecular flexibility index (Phi) is 0.428. The van der Waals surface area contributed by atoms with Crippen molar-refractivity contribution in [3.63, 3.8) is 0 Å². The zero-order chi connectivity index (χ0) is 4.41. The smallest absolute Gasteiger partial charge is 0.210 e. The van der Waals surface area contributed by atoms with Gasteiger partial charge in [-0.05, 0) is 18.8 Å². The summed E-state index contributed by atoms with van der Waals surface area (Å²) in [5.41, 5.74) is 0. The Morgan fingerprint density at radius 1 is 2.00 bits per heavy atom. The van der Waals surface area contributed by atoms with Gasteiger partial charge in [-0.2, -0.15) is 0 Å². The van der Waals surface area contributed by atoms with Crippen molar-refractivity contribution in [3.05, 3.63) is 0 Å². The molecule has 0 bridgehead atoms. The molecule has 0 saturated heterocycles. The molecular formula is C4H8O. The third-order valence-electron chi connectivity index (χ3n) is 0.933. The van der Waals surface area contributed by atoms with E-state index in [0.29, 0.717) is 6.61 Å². The molecule has 0 radical (unpaired) electrons. The third kappa shape index (κ3) is 0.618. The van der Waals surface area contributed by atoms with Crippen molar-refractivity contribution in [2.75, 3.05) is 6.61 Å². The highest BCUT2D eigenvalue weighted by atomic mass is 16.3. The van der Waals surface area contributed by atoms with Crippen molar-refractivity contribution in [3.8, 4) is 0 Å². The minimum atomic E-state index is 0.653. The molecule has 1 aliphatic carbocycles. The van der Waals surface area contributed by atoms with Crippen molar-refractivity contribution < 1.29 is 5.11 Å². The number of hydrogen-bond acceptors (Lipinski definition) is 1. The first kappa shape index (κ1) is 2.19. The summed E-state index contributed by atoms with van der Waals surface area (Å²) < 4.78 is 6.27. The predicted octanol–water partition coefficient (Wildman–Crippen LogP) is 0.389. The van der Waals surface area contributed by atoms with E-state index in [1.54, 1.807) is 0 Å². The fourth-order valence-electron chi connectivity index (χ4n) is 0.285. The molecule has 0 amide bonds. The molecule has 5 heavy (non-hydrogen) atoms. The van der Waals surface area contributed by atoms with Crippen LogP contribution in [0.2, 0.25) is 0 Å². The van der Waals surface area contributed by atoms with Crippen LogP contribution in [0.15, 0.2) is 0 Å². The lowest BCUT2D eigenvalue weighted by atomic mass is 10.5. The Hall–Kier alpha value is -0.0400. The van der Waals surface area contributed by atoms with Crippen molar-refractivity contribution in [2.24, 2.45) is 5.92 Å². The van der Waals surface area contributed by atoms with Crippen LogP contribution in [0.1, 0.15) is 12.8 Å². The molecule has 30 valence electrons. The maximum absolute atomic E-state index is 6.27. The summed E-state index contributed by atoms with van der Waals surface area (Å²) in [7, 11) is 0. The van der Waals surface area contributed by atoms with Crippen LogP contribution in [0.4, 0.5) is 0 Å². The van der Waals surface area contributed by atoms with Crippen molar-refractivity contribution in [2.45, 2.75) is 12.8 Å². The van der Waals surface area contributed by atoms with Crippen molar-refractivity contribution >= 4 is 0 Å². The summed E-state index contributed by atoms with van der Waals surface area (Å²) in [6.07, 6.45) is 2.55. The van der Waals surface area contributed by atoms with E-state index in [0.717, 1.165) is 5.92 Å². The Morgan fingerprint density at radius 3 is 3.00 bits per heavy atom. The predicted molar refractivity (Wildman–Crippen MR) is 19.8 cm³/mol. The molecule has 0 aromatic heterocycles. The summed E-state index contributed by atoms with van der Waals surface area (Å²) in [5, 5.41) is 4.12. The minimum absolute atomic E-state index is 0.653. The van der Waals surface area contributed by atoms with E-state index in [1.165, 1.54) is 12.8 Å². The number of hydrogen-bond donors (Lipinski definition) is 1. The Morgan fingerprint density at radius 2 is 2.80 bits per heavy atom. The highest BCUT2D eigenvalue weighted by Crippen LogP contribution is 2.27. The molecule has 0 aromatic rings. The van der Waals surface area contributed by atoms with Gasteiger partial charge in [0.2, 0.25) is 1.43 Å². The second-order valence-corrected chi connectivity index (χ2v) is 1.61. The molecule has 1 rings (SSSR count). The van der Waals surface area contributed by atoms with Gasteiger partial charge in [-0.3, -0.25) is 0 Å². The molecule has 0 aliphatic heterocycles. The Labute approximate surface area is 33.1 Å². The van der Waals surface area contributed by atoms with Gasteiger partial charge in [0.25, 0.3) is 0 Å². The average Bonchev–Trinajstić information content (AvgIpc) is 2.21. The van der Waals surface area contributed by atoms with Crippen LogP contribution in [0.5, 0.6) is 0 Å². The molecule has 0 heterocycles. The third-order valence-corrected chi connectivity index (χ3v) is 0.933. The molecule has 0 spiro atoms. The van der Waals surface area contributed by atoms with E-state index in [-0.39, 0.29) is 0 Å². The highest BCUT2D eigenvalue weighted by molar-refractivity contribution is 4.70. The van der Waals surface area contributed by atoms with Gasteiger partial charge in [-0.25, -0.2) is 0 Å². The number of rotatable bonds is 2. The van der Waals surface area contributed by atoms with E-state index >= 15 is 0 Å². The molecule has 1 heteroatoms. The second kappa shape index (κ2) is 0.977. The highest BCUT2D eigenvalue weighted by Gasteiger charge is 2.18. The van der Waals surface area contributed by atoms with E-state index in [9.17, 15) is 0 Å². The lowest BCUT2D eigenvalue weighted by molar-refractivity contribution is 0.277. The van der Waals surface area contributed by atoms with Crippen LogP contribution in [0.3, 0.4) is 0 Å². The lowest BCUT2D eigenvalue weighted by Gasteiger charge is -1.73. The normalized spacial score (nSPS) is 26.0. The monoisotopic (exact) mass is 73.1 g/mol. The van der Waals surface area contributed by atoms with Crippen molar-refractivity contribution in [1.29, 1.82) is 1.43 Å². The Balaban J connectivity index is 1.88. The van der Waals surface area contributed by atoms with Crippen LogP contribution < -0.4 is 0 Å². The van der Waals surface area contributed by atoms with Crippen LogP contribution >= 0.6 is 0 Å². The molecule has 1 N–H and O–H groups in total. The quantitative estimate of drug-likeness (QED) is 0.501. The maximum atomic E-state index is 6.27. The minimum Gasteiger partial charge on any atom is -0.396 e. The summed E-state index contributed by atoms with van der Waals surface area (Å²) in [6.45, 7) is 0.653. The van der Waals surface area contributed by atoms with Gasteiger partial charge < -0.3 is 5.11 Å². The molecular weight excluding hydrogens is 64.0 g/mol. The maximum Gasteiger partial charge on any atom is 0.210 e. The molecule has 0 atom stereocenters. The number of aliphatic hydroxyl groups is 1. The van der Waals surface area contributed by atoms with Gasteiger partial charge in [0.15, 0.2) is 0 Å². The lowest BCUT2D eigenvalue weighted by Crippen LogP contribution is -1.78. The van der Waals surface area contributed by atoms with Crippen LogP contribution in [-0.2, 0) is 0 Å². The van der Waals surface area contributed by atoms with Crippen LogP contribution in [0.25, 0.3) is 0 Å². The topological polar surface area (TPSA) is 20.2 Å². The van der Waals surface area contributed by atoms with Gasteiger partial charge in [0.05, 0.1) is 0 Å². The summed E-state index contributed by atoms with van der Waals surface area (Å²) in [4.78, 5) is 0. The SMILES string of the molecule is [2H]OCC1CC1. The zero-order valence-corrected chi connectivity index (χ0v) is 3.11. The largest absolute Gasteiger partial charge is 0.396 e. The standard InChI is InChI=1S/C4H8O/c5-3-4-1-2-4/h4-5H,1-3H2/i5D. The number of aliphatic hydroxyl groups excluding tert-OH is 1. The van der Waals surface area contributed by atoms with Gasteiger partial charge in [-0.1, -0.05) is 0 Å². The summed E-state index contributed by atoms with van der Waals surface area (Å²) >= 11 is 0. The molecule has 0 aromatic carbocycles. The van der Waals surface area contributed by atoms with E-state index in [2.05, 4.69) is 5.11 Å². The van der Waals surface area contributed by atoms with E-state index < -0.39 is 0 Å². The van der Waals surface area contributed by atoms with Crippen molar-refractivity contribution in [1.82, 2.24) is 0 Å². The van der Waals surface area contributed by atoms with Gasteiger partial charge in [0.1, 0.15) is 0 Å². The first-order valence-corrected chi connectivity index (χ1v) is 2.01. The van der Waals surface area contributed by atoms with Gasteiger partial charge in [-0.15, -0.1) is 0 Å². The molecule has 1 saturated carbocycles. The zero-order valence-electron chi connectivity index (χ0n) is 4.11. The Bertz CT molecular complexity index is 42.8. The van der Waals surface area contributed by atoms with Crippen LogP contribution in [0, 0.1) is 5.92 Å². The summed E-state index contributed by atoms with van der Waals surface area (Å²) in [6, 6.07) is 0. The first-order chi connectivity index (χ1) is 2.93. The molecule has 1 fully saturated rings. The molecule has 1 nitrogen and oxygen atoms in total.